The van der Waals surface area contributed by atoms with Crippen LogP contribution in [0.2, 0.25) is 0 Å². The first kappa shape index (κ1) is 14.4. The Kier molecular flexibility index (Phi) is 5.23. The molecule has 0 radical (unpaired) electrons. The van der Waals surface area contributed by atoms with Crippen LogP contribution < -0.4 is 10.5 Å². The molecule has 19 heavy (non-hydrogen) atoms. The minimum atomic E-state index is 0.0981. The number of hydrogen-bond donors (Lipinski definition) is 1. The lowest BCUT2D eigenvalue weighted by atomic mass is 9.99. The SMILES string of the molecule is CCOc1ccc(C(N)CN2CCCC(C)C2)cc1. The molecule has 3 heteroatoms. The average Bonchev–Trinajstić information content (AvgIpc) is 2.40. The summed E-state index contributed by atoms with van der Waals surface area (Å²) in [5.74, 6) is 1.73. The molecule has 2 atom stereocenters. The first-order valence-corrected chi connectivity index (χ1v) is 7.39. The van der Waals surface area contributed by atoms with Crippen molar-refractivity contribution in [1.82, 2.24) is 4.90 Å². The van der Waals surface area contributed by atoms with Crippen LogP contribution in [0, 0.1) is 5.92 Å². The van der Waals surface area contributed by atoms with Gasteiger partial charge in [0, 0.05) is 19.1 Å². The Morgan fingerprint density at radius 2 is 2.11 bits per heavy atom. The maximum absolute atomic E-state index is 6.31. The lowest BCUT2D eigenvalue weighted by Gasteiger charge is -2.32. The minimum absolute atomic E-state index is 0.0981. The van der Waals surface area contributed by atoms with Gasteiger partial charge in [0.25, 0.3) is 0 Å². The zero-order valence-electron chi connectivity index (χ0n) is 12.1. The number of rotatable bonds is 5. The van der Waals surface area contributed by atoms with Gasteiger partial charge in [0.2, 0.25) is 0 Å². The molecule has 3 nitrogen and oxygen atoms in total. The highest BCUT2D eigenvalue weighted by Crippen LogP contribution is 2.20. The first-order valence-electron chi connectivity index (χ1n) is 7.39. The molecule has 1 aliphatic rings. The van der Waals surface area contributed by atoms with Crippen molar-refractivity contribution in [3.05, 3.63) is 29.8 Å². The van der Waals surface area contributed by atoms with Crippen LogP contribution >= 0.6 is 0 Å². The first-order chi connectivity index (χ1) is 9.19. The van der Waals surface area contributed by atoms with E-state index in [1.807, 2.05) is 19.1 Å². The molecule has 1 aromatic rings. The van der Waals surface area contributed by atoms with E-state index in [0.717, 1.165) is 18.2 Å². The Labute approximate surface area is 116 Å². The van der Waals surface area contributed by atoms with E-state index < -0.39 is 0 Å². The summed E-state index contributed by atoms with van der Waals surface area (Å²) in [6.45, 7) is 8.36. The molecular weight excluding hydrogens is 236 g/mol. The van der Waals surface area contributed by atoms with E-state index in [1.54, 1.807) is 0 Å². The van der Waals surface area contributed by atoms with E-state index in [0.29, 0.717) is 6.61 Å². The zero-order valence-corrected chi connectivity index (χ0v) is 12.1. The van der Waals surface area contributed by atoms with E-state index >= 15 is 0 Å². The van der Waals surface area contributed by atoms with Gasteiger partial charge in [-0.25, -0.2) is 0 Å². The second-order valence-corrected chi connectivity index (χ2v) is 5.62. The van der Waals surface area contributed by atoms with Crippen molar-refractivity contribution in [2.45, 2.75) is 32.7 Å². The molecule has 106 valence electrons. The average molecular weight is 262 g/mol. The van der Waals surface area contributed by atoms with Crippen LogP contribution in [0.5, 0.6) is 5.75 Å². The molecule has 0 aromatic heterocycles. The lowest BCUT2D eigenvalue weighted by molar-refractivity contribution is 0.174. The van der Waals surface area contributed by atoms with Crippen molar-refractivity contribution in [3.8, 4) is 5.75 Å². The van der Waals surface area contributed by atoms with Crippen LogP contribution in [0.3, 0.4) is 0 Å². The van der Waals surface area contributed by atoms with Crippen LogP contribution in [0.15, 0.2) is 24.3 Å². The molecule has 0 bridgehead atoms. The van der Waals surface area contributed by atoms with E-state index in [2.05, 4.69) is 24.0 Å². The molecule has 2 unspecified atom stereocenters. The van der Waals surface area contributed by atoms with Gasteiger partial charge in [0.15, 0.2) is 0 Å². The smallest absolute Gasteiger partial charge is 0.119 e. The third-order valence-electron chi connectivity index (χ3n) is 3.82. The molecule has 2 N–H and O–H groups in total. The molecule has 1 saturated heterocycles. The van der Waals surface area contributed by atoms with Crippen molar-refractivity contribution < 1.29 is 4.74 Å². The van der Waals surface area contributed by atoms with Gasteiger partial charge in [-0.3, -0.25) is 0 Å². The molecule has 1 aliphatic heterocycles. The van der Waals surface area contributed by atoms with Gasteiger partial charge >= 0.3 is 0 Å². The van der Waals surface area contributed by atoms with Crippen molar-refractivity contribution in [2.24, 2.45) is 11.7 Å². The number of hydrogen-bond acceptors (Lipinski definition) is 3. The molecular formula is C16H26N2O. The number of ether oxygens (including phenoxy) is 1. The Bertz CT molecular complexity index is 377. The summed E-state index contributed by atoms with van der Waals surface area (Å²) in [5, 5.41) is 0. The Balaban J connectivity index is 1.89. The number of piperidine rings is 1. The molecule has 0 spiro atoms. The Hall–Kier alpha value is -1.06. The fraction of sp³-hybridized carbons (Fsp3) is 0.625. The highest BCUT2D eigenvalue weighted by Gasteiger charge is 2.18. The van der Waals surface area contributed by atoms with Crippen LogP contribution in [-0.2, 0) is 0 Å². The normalized spacial score (nSPS) is 22.2. The monoisotopic (exact) mass is 262 g/mol. The van der Waals surface area contributed by atoms with Gasteiger partial charge in [-0.05, 0) is 49.9 Å². The van der Waals surface area contributed by atoms with Gasteiger partial charge in [-0.15, -0.1) is 0 Å². The van der Waals surface area contributed by atoms with E-state index in [9.17, 15) is 0 Å². The molecule has 0 amide bonds. The lowest BCUT2D eigenvalue weighted by Crippen LogP contribution is -2.39. The molecule has 1 aromatic carbocycles. The molecule has 0 saturated carbocycles. The van der Waals surface area contributed by atoms with Crippen LogP contribution in [0.25, 0.3) is 0 Å². The maximum Gasteiger partial charge on any atom is 0.119 e. The highest BCUT2D eigenvalue weighted by atomic mass is 16.5. The van der Waals surface area contributed by atoms with Crippen LogP contribution in [-0.4, -0.2) is 31.1 Å². The quantitative estimate of drug-likeness (QED) is 0.887. The largest absolute Gasteiger partial charge is 0.494 e. The van der Waals surface area contributed by atoms with E-state index in [-0.39, 0.29) is 6.04 Å². The van der Waals surface area contributed by atoms with E-state index in [4.69, 9.17) is 10.5 Å². The third-order valence-corrected chi connectivity index (χ3v) is 3.82. The molecule has 1 fully saturated rings. The predicted molar refractivity (Wildman–Crippen MR) is 79.4 cm³/mol. The number of likely N-dealkylation sites (tertiary alicyclic amines) is 1. The Morgan fingerprint density at radius 3 is 2.74 bits per heavy atom. The summed E-state index contributed by atoms with van der Waals surface area (Å²) < 4.78 is 5.45. The highest BCUT2D eigenvalue weighted by molar-refractivity contribution is 5.29. The van der Waals surface area contributed by atoms with Crippen molar-refractivity contribution >= 4 is 0 Å². The van der Waals surface area contributed by atoms with Crippen LogP contribution in [0.1, 0.15) is 38.3 Å². The van der Waals surface area contributed by atoms with Crippen molar-refractivity contribution in [3.63, 3.8) is 0 Å². The van der Waals surface area contributed by atoms with Crippen LogP contribution in [0.4, 0.5) is 0 Å². The minimum Gasteiger partial charge on any atom is -0.494 e. The van der Waals surface area contributed by atoms with Gasteiger partial charge in [-0.2, -0.15) is 0 Å². The Morgan fingerprint density at radius 1 is 1.37 bits per heavy atom. The summed E-state index contributed by atoms with van der Waals surface area (Å²) in [5.41, 5.74) is 7.51. The topological polar surface area (TPSA) is 38.5 Å². The predicted octanol–water partition coefficient (Wildman–Crippen LogP) is 2.82. The third kappa shape index (κ3) is 4.22. The number of nitrogens with two attached hydrogens (primary N) is 1. The molecule has 0 aliphatic carbocycles. The van der Waals surface area contributed by atoms with Gasteiger partial charge < -0.3 is 15.4 Å². The summed E-state index contributed by atoms with van der Waals surface area (Å²) in [7, 11) is 0. The summed E-state index contributed by atoms with van der Waals surface area (Å²) in [6, 6.07) is 8.29. The van der Waals surface area contributed by atoms with Crippen molar-refractivity contribution in [1.29, 1.82) is 0 Å². The summed E-state index contributed by atoms with van der Waals surface area (Å²) in [4.78, 5) is 2.50. The molecule has 2 rings (SSSR count). The zero-order chi connectivity index (χ0) is 13.7. The van der Waals surface area contributed by atoms with Gasteiger partial charge in [0.1, 0.15) is 5.75 Å². The summed E-state index contributed by atoms with van der Waals surface area (Å²) in [6.07, 6.45) is 2.66. The standard InChI is InChI=1S/C16H26N2O/c1-3-19-15-8-6-14(7-9-15)16(17)12-18-10-4-5-13(2)11-18/h6-9,13,16H,3-5,10-12,17H2,1-2H3. The number of benzene rings is 1. The maximum atomic E-state index is 6.31. The van der Waals surface area contributed by atoms with E-state index in [1.165, 1.54) is 31.5 Å². The van der Waals surface area contributed by atoms with Crippen molar-refractivity contribution in [2.75, 3.05) is 26.2 Å². The molecule has 1 heterocycles. The number of nitrogens with zero attached hydrogens (tertiary/aromatic N) is 1. The second kappa shape index (κ2) is 6.92. The van der Waals surface area contributed by atoms with Gasteiger partial charge in [0.05, 0.1) is 6.61 Å². The van der Waals surface area contributed by atoms with Gasteiger partial charge in [-0.1, -0.05) is 19.1 Å². The fourth-order valence-corrected chi connectivity index (χ4v) is 2.81. The second-order valence-electron chi connectivity index (χ2n) is 5.62. The summed E-state index contributed by atoms with van der Waals surface area (Å²) >= 11 is 0. The fourth-order valence-electron chi connectivity index (χ4n) is 2.81.